The zero-order valence-corrected chi connectivity index (χ0v) is 11.7. The molecule has 0 aliphatic rings. The van der Waals surface area contributed by atoms with Gasteiger partial charge >= 0.3 is 0 Å². The van der Waals surface area contributed by atoms with E-state index in [0.717, 1.165) is 5.56 Å². The third-order valence-electron chi connectivity index (χ3n) is 2.59. The summed E-state index contributed by atoms with van der Waals surface area (Å²) in [6, 6.07) is 9.07. The van der Waals surface area contributed by atoms with Gasteiger partial charge in [0.25, 0.3) is 5.91 Å². The molecule has 0 saturated carbocycles. The van der Waals surface area contributed by atoms with Crippen LogP contribution in [0.1, 0.15) is 10.5 Å². The summed E-state index contributed by atoms with van der Waals surface area (Å²) in [5, 5.41) is 12.1. The van der Waals surface area contributed by atoms with Gasteiger partial charge in [0.05, 0.1) is 11.2 Å². The smallest absolute Gasteiger partial charge is 0.276 e. The standard InChI is InChI=1S/C13H9ClN4OS/c14-9-4-2-1-3-8(9)13-16-10(7-20-13)12(19)17-11-5-6-15-18-11/h1-7H,(H2,15,17,18,19). The Morgan fingerprint density at radius 3 is 2.90 bits per heavy atom. The molecule has 0 atom stereocenters. The van der Waals surface area contributed by atoms with Crippen LogP contribution in [0.3, 0.4) is 0 Å². The van der Waals surface area contributed by atoms with Crippen molar-refractivity contribution in [2.75, 3.05) is 5.32 Å². The zero-order valence-electron chi connectivity index (χ0n) is 10.1. The van der Waals surface area contributed by atoms with Gasteiger partial charge < -0.3 is 5.32 Å². The second kappa shape index (κ2) is 5.44. The number of aromatic nitrogens is 3. The number of aromatic amines is 1. The van der Waals surface area contributed by atoms with Gasteiger partial charge in [0.1, 0.15) is 16.5 Å². The average molecular weight is 305 g/mol. The molecule has 1 aromatic carbocycles. The Labute approximate surface area is 123 Å². The second-order valence-electron chi connectivity index (χ2n) is 3.94. The van der Waals surface area contributed by atoms with E-state index in [9.17, 15) is 4.79 Å². The van der Waals surface area contributed by atoms with Gasteiger partial charge in [-0.1, -0.05) is 29.8 Å². The molecule has 0 fully saturated rings. The van der Waals surface area contributed by atoms with Crippen molar-refractivity contribution in [3.8, 4) is 10.6 Å². The molecule has 100 valence electrons. The molecule has 2 heterocycles. The predicted molar refractivity (Wildman–Crippen MR) is 79.1 cm³/mol. The molecule has 7 heteroatoms. The van der Waals surface area contributed by atoms with E-state index in [0.29, 0.717) is 21.5 Å². The Kier molecular flexibility index (Phi) is 3.49. The molecule has 5 nitrogen and oxygen atoms in total. The summed E-state index contributed by atoms with van der Waals surface area (Å²) in [5.74, 6) is 0.242. The highest BCUT2D eigenvalue weighted by Crippen LogP contribution is 2.30. The summed E-state index contributed by atoms with van der Waals surface area (Å²) in [5.41, 5.74) is 1.17. The molecule has 2 aromatic heterocycles. The second-order valence-corrected chi connectivity index (χ2v) is 5.21. The van der Waals surface area contributed by atoms with Gasteiger partial charge in [0.2, 0.25) is 0 Å². The largest absolute Gasteiger partial charge is 0.306 e. The van der Waals surface area contributed by atoms with Gasteiger partial charge in [-0.25, -0.2) is 4.98 Å². The Bertz CT molecular complexity index is 738. The van der Waals surface area contributed by atoms with E-state index < -0.39 is 0 Å². The number of amides is 1. The van der Waals surface area contributed by atoms with Crippen molar-refractivity contribution in [2.45, 2.75) is 0 Å². The third-order valence-corrected chi connectivity index (χ3v) is 3.80. The molecule has 0 bridgehead atoms. The lowest BCUT2D eigenvalue weighted by atomic mass is 10.2. The van der Waals surface area contributed by atoms with Gasteiger partial charge in [0.15, 0.2) is 0 Å². The van der Waals surface area contributed by atoms with Crippen LogP contribution >= 0.6 is 22.9 Å². The van der Waals surface area contributed by atoms with E-state index in [2.05, 4.69) is 20.5 Å². The van der Waals surface area contributed by atoms with Crippen LogP contribution < -0.4 is 5.32 Å². The fourth-order valence-corrected chi connectivity index (χ4v) is 2.77. The summed E-state index contributed by atoms with van der Waals surface area (Å²) in [6.07, 6.45) is 1.56. The SMILES string of the molecule is O=C(Nc1ccn[nH]1)c1csc(-c2ccccc2Cl)n1. The molecule has 0 radical (unpaired) electrons. The molecular formula is C13H9ClN4OS. The summed E-state index contributed by atoms with van der Waals surface area (Å²) < 4.78 is 0. The summed E-state index contributed by atoms with van der Waals surface area (Å²) in [7, 11) is 0. The fourth-order valence-electron chi connectivity index (χ4n) is 1.65. The van der Waals surface area contributed by atoms with Crippen LogP contribution in [0.4, 0.5) is 5.82 Å². The minimum absolute atomic E-state index is 0.288. The van der Waals surface area contributed by atoms with Gasteiger partial charge in [-0.05, 0) is 6.07 Å². The van der Waals surface area contributed by atoms with Gasteiger partial charge in [-0.3, -0.25) is 9.89 Å². The van der Waals surface area contributed by atoms with Crippen LogP contribution in [0.15, 0.2) is 41.9 Å². The maximum atomic E-state index is 12.0. The predicted octanol–water partition coefficient (Wildman–Crippen LogP) is 3.44. The van der Waals surface area contributed by atoms with Crippen LogP contribution in [0.2, 0.25) is 5.02 Å². The highest BCUT2D eigenvalue weighted by molar-refractivity contribution is 7.13. The molecule has 0 aliphatic heterocycles. The first-order chi connectivity index (χ1) is 9.74. The number of nitrogens with zero attached hydrogens (tertiary/aromatic N) is 2. The first-order valence-electron chi connectivity index (χ1n) is 5.75. The zero-order chi connectivity index (χ0) is 13.9. The first kappa shape index (κ1) is 12.8. The highest BCUT2D eigenvalue weighted by atomic mass is 35.5. The number of thiazole rings is 1. The summed E-state index contributed by atoms with van der Waals surface area (Å²) in [4.78, 5) is 16.3. The van der Waals surface area contributed by atoms with E-state index in [1.807, 2.05) is 18.2 Å². The first-order valence-corrected chi connectivity index (χ1v) is 7.01. The van der Waals surface area contributed by atoms with E-state index in [1.54, 1.807) is 23.7 Å². The number of hydrogen-bond acceptors (Lipinski definition) is 4. The molecule has 3 aromatic rings. The maximum absolute atomic E-state index is 12.0. The molecule has 0 saturated heterocycles. The monoisotopic (exact) mass is 304 g/mol. The van der Waals surface area contributed by atoms with Crippen molar-refractivity contribution >= 4 is 34.7 Å². The number of nitrogens with one attached hydrogen (secondary N) is 2. The quantitative estimate of drug-likeness (QED) is 0.778. The Hall–Kier alpha value is -2.18. The minimum atomic E-state index is -0.288. The Morgan fingerprint density at radius 2 is 2.15 bits per heavy atom. The Morgan fingerprint density at radius 1 is 1.30 bits per heavy atom. The van der Waals surface area contributed by atoms with E-state index in [1.165, 1.54) is 11.3 Å². The van der Waals surface area contributed by atoms with E-state index in [4.69, 9.17) is 11.6 Å². The number of benzene rings is 1. The lowest BCUT2D eigenvalue weighted by molar-refractivity contribution is 0.102. The van der Waals surface area contributed by atoms with Crippen LogP contribution in [-0.4, -0.2) is 21.1 Å². The molecule has 20 heavy (non-hydrogen) atoms. The number of carbonyl (C=O) groups is 1. The third kappa shape index (κ3) is 2.56. The number of anilines is 1. The molecule has 2 N–H and O–H groups in total. The lowest BCUT2D eigenvalue weighted by Gasteiger charge is -1.99. The Balaban J connectivity index is 1.83. The van der Waals surface area contributed by atoms with Crippen molar-refractivity contribution in [1.82, 2.24) is 15.2 Å². The van der Waals surface area contributed by atoms with Gasteiger partial charge in [0, 0.05) is 17.0 Å². The number of halogens is 1. The van der Waals surface area contributed by atoms with Gasteiger partial charge in [-0.2, -0.15) is 5.10 Å². The normalized spacial score (nSPS) is 10.4. The van der Waals surface area contributed by atoms with Crippen molar-refractivity contribution in [1.29, 1.82) is 0 Å². The molecule has 0 spiro atoms. The molecular weight excluding hydrogens is 296 g/mol. The molecule has 0 unspecified atom stereocenters. The summed E-state index contributed by atoms with van der Waals surface area (Å²) in [6.45, 7) is 0. The van der Waals surface area contributed by atoms with Crippen LogP contribution in [0.5, 0.6) is 0 Å². The molecule has 0 aliphatic carbocycles. The van der Waals surface area contributed by atoms with E-state index in [-0.39, 0.29) is 5.91 Å². The molecule has 3 rings (SSSR count). The summed E-state index contributed by atoms with van der Waals surface area (Å²) >= 11 is 7.49. The van der Waals surface area contributed by atoms with E-state index >= 15 is 0 Å². The topological polar surface area (TPSA) is 70.7 Å². The van der Waals surface area contributed by atoms with Crippen molar-refractivity contribution < 1.29 is 4.79 Å². The minimum Gasteiger partial charge on any atom is -0.306 e. The highest BCUT2D eigenvalue weighted by Gasteiger charge is 2.13. The maximum Gasteiger partial charge on any atom is 0.276 e. The number of H-pyrrole nitrogens is 1. The van der Waals surface area contributed by atoms with Crippen molar-refractivity contribution in [2.24, 2.45) is 0 Å². The number of carbonyl (C=O) groups excluding carboxylic acids is 1. The van der Waals surface area contributed by atoms with Gasteiger partial charge in [-0.15, -0.1) is 11.3 Å². The van der Waals surface area contributed by atoms with Crippen LogP contribution in [0.25, 0.3) is 10.6 Å². The number of rotatable bonds is 3. The number of hydrogen-bond donors (Lipinski definition) is 2. The fraction of sp³-hybridized carbons (Fsp3) is 0. The van der Waals surface area contributed by atoms with Crippen LogP contribution in [0, 0.1) is 0 Å². The molecule has 1 amide bonds. The van der Waals surface area contributed by atoms with Crippen molar-refractivity contribution in [3.63, 3.8) is 0 Å². The van der Waals surface area contributed by atoms with Crippen LogP contribution in [-0.2, 0) is 0 Å². The lowest BCUT2D eigenvalue weighted by Crippen LogP contribution is -2.12. The van der Waals surface area contributed by atoms with Crippen molar-refractivity contribution in [3.05, 3.63) is 52.6 Å². The average Bonchev–Trinajstić information content (AvgIpc) is 3.10.